The molecule has 0 amide bonds. The van der Waals surface area contributed by atoms with Crippen LogP contribution < -0.4 is 5.32 Å². The van der Waals surface area contributed by atoms with E-state index in [9.17, 15) is 0 Å². The van der Waals surface area contributed by atoms with Crippen molar-refractivity contribution in [2.45, 2.75) is 6.04 Å². The molecule has 0 spiro atoms. The van der Waals surface area contributed by atoms with Gasteiger partial charge in [-0.15, -0.1) is 0 Å². The number of ether oxygens (including phenoxy) is 1. The number of rotatable bonds is 2. The van der Waals surface area contributed by atoms with E-state index in [0.29, 0.717) is 6.04 Å². The van der Waals surface area contributed by atoms with Gasteiger partial charge in [0, 0.05) is 5.69 Å². The molecule has 0 radical (unpaired) electrons. The monoisotopic (exact) mass is 190 g/mol. The summed E-state index contributed by atoms with van der Waals surface area (Å²) in [6.45, 7) is 1.58. The lowest BCUT2D eigenvalue weighted by molar-refractivity contribution is 0.0211. The van der Waals surface area contributed by atoms with Gasteiger partial charge in [0.05, 0.1) is 19.3 Å². The van der Waals surface area contributed by atoms with Crippen molar-refractivity contribution in [2.24, 2.45) is 0 Å². The number of nitrogens with one attached hydrogen (secondary N) is 2. The van der Waals surface area contributed by atoms with E-state index < -0.39 is 0 Å². The number of aromatic nitrogens is 3. The molecule has 1 fully saturated rings. The molecular formula is C9H10N4O. The topological polar surface area (TPSA) is 62.8 Å². The summed E-state index contributed by atoms with van der Waals surface area (Å²) in [5.41, 5.74) is 2.84. The van der Waals surface area contributed by atoms with E-state index in [2.05, 4.69) is 20.7 Å². The van der Waals surface area contributed by atoms with Gasteiger partial charge in [-0.1, -0.05) is 0 Å². The minimum atomic E-state index is 0.444. The molecule has 1 aliphatic heterocycles. The number of fused-ring (bicyclic) bond motifs is 1. The summed E-state index contributed by atoms with van der Waals surface area (Å²) < 4.78 is 5.08. The van der Waals surface area contributed by atoms with Crippen LogP contribution in [0, 0.1) is 0 Å². The summed E-state index contributed by atoms with van der Waals surface area (Å²) in [7, 11) is 0. The first-order valence-electron chi connectivity index (χ1n) is 4.56. The number of hydrogen-bond donors (Lipinski definition) is 2. The molecule has 0 aliphatic carbocycles. The van der Waals surface area contributed by atoms with Gasteiger partial charge in [0.2, 0.25) is 0 Å². The van der Waals surface area contributed by atoms with Gasteiger partial charge in [-0.05, 0) is 18.2 Å². The van der Waals surface area contributed by atoms with E-state index in [0.717, 1.165) is 29.9 Å². The molecular weight excluding hydrogens is 180 g/mol. The Labute approximate surface area is 80.5 Å². The first kappa shape index (κ1) is 7.75. The van der Waals surface area contributed by atoms with Gasteiger partial charge in [0.1, 0.15) is 11.0 Å². The molecule has 0 unspecified atom stereocenters. The van der Waals surface area contributed by atoms with Gasteiger partial charge in [0.25, 0.3) is 0 Å². The Bertz CT molecular complexity index is 449. The van der Waals surface area contributed by atoms with E-state index in [1.165, 1.54) is 0 Å². The largest absolute Gasteiger partial charge is 0.378 e. The fraction of sp³-hybridized carbons (Fsp3) is 0.333. The van der Waals surface area contributed by atoms with Crippen LogP contribution in [0.1, 0.15) is 0 Å². The molecule has 1 aromatic heterocycles. The maximum atomic E-state index is 5.08. The molecule has 5 nitrogen and oxygen atoms in total. The number of anilines is 1. The summed E-state index contributed by atoms with van der Waals surface area (Å²) in [4.78, 5) is 0. The minimum Gasteiger partial charge on any atom is -0.378 e. The van der Waals surface area contributed by atoms with Crippen LogP contribution in [-0.2, 0) is 4.74 Å². The predicted molar refractivity (Wildman–Crippen MR) is 52.1 cm³/mol. The van der Waals surface area contributed by atoms with Crippen LogP contribution in [0.5, 0.6) is 0 Å². The highest BCUT2D eigenvalue weighted by Crippen LogP contribution is 2.17. The van der Waals surface area contributed by atoms with Crippen LogP contribution in [0.25, 0.3) is 11.0 Å². The van der Waals surface area contributed by atoms with Gasteiger partial charge >= 0.3 is 0 Å². The molecule has 2 N–H and O–H groups in total. The second-order valence-electron chi connectivity index (χ2n) is 3.41. The number of benzene rings is 1. The Kier molecular flexibility index (Phi) is 1.63. The van der Waals surface area contributed by atoms with Crippen LogP contribution in [0.3, 0.4) is 0 Å². The van der Waals surface area contributed by atoms with Crippen molar-refractivity contribution in [1.82, 2.24) is 15.4 Å². The molecule has 72 valence electrons. The number of aromatic amines is 1. The Morgan fingerprint density at radius 3 is 2.93 bits per heavy atom. The summed E-state index contributed by atoms with van der Waals surface area (Å²) in [5.74, 6) is 0. The van der Waals surface area contributed by atoms with Gasteiger partial charge in [-0.25, -0.2) is 0 Å². The Balaban J connectivity index is 1.88. The maximum Gasteiger partial charge on any atom is 0.115 e. The Morgan fingerprint density at radius 1 is 1.29 bits per heavy atom. The SMILES string of the molecule is c1cc2n[nH]nc2cc1NC1COC1. The summed E-state index contributed by atoms with van der Waals surface area (Å²) in [6.07, 6.45) is 0. The predicted octanol–water partition coefficient (Wildman–Crippen LogP) is 0.769. The lowest BCUT2D eigenvalue weighted by Gasteiger charge is -2.27. The van der Waals surface area contributed by atoms with Gasteiger partial charge in [-0.3, -0.25) is 0 Å². The third-order valence-corrected chi connectivity index (χ3v) is 2.33. The molecule has 1 saturated heterocycles. The lowest BCUT2D eigenvalue weighted by atomic mass is 10.2. The zero-order valence-corrected chi connectivity index (χ0v) is 7.53. The first-order valence-corrected chi connectivity index (χ1v) is 4.56. The molecule has 0 bridgehead atoms. The highest BCUT2D eigenvalue weighted by molar-refractivity contribution is 5.77. The molecule has 0 atom stereocenters. The molecule has 2 heterocycles. The zero-order valence-electron chi connectivity index (χ0n) is 7.53. The highest BCUT2D eigenvalue weighted by Gasteiger charge is 2.17. The lowest BCUT2D eigenvalue weighted by Crippen LogP contribution is -2.40. The summed E-state index contributed by atoms with van der Waals surface area (Å²) in [6, 6.07) is 6.38. The number of hydrogen-bond acceptors (Lipinski definition) is 4. The van der Waals surface area contributed by atoms with Crippen LogP contribution in [-0.4, -0.2) is 34.7 Å². The van der Waals surface area contributed by atoms with Crippen molar-refractivity contribution in [2.75, 3.05) is 18.5 Å². The minimum absolute atomic E-state index is 0.444. The van der Waals surface area contributed by atoms with E-state index in [1.54, 1.807) is 0 Å². The summed E-state index contributed by atoms with van der Waals surface area (Å²) in [5, 5.41) is 14.0. The molecule has 14 heavy (non-hydrogen) atoms. The zero-order chi connectivity index (χ0) is 9.38. The smallest absolute Gasteiger partial charge is 0.115 e. The molecule has 1 aromatic carbocycles. The van der Waals surface area contributed by atoms with Crippen molar-refractivity contribution in [3.05, 3.63) is 18.2 Å². The van der Waals surface area contributed by atoms with E-state index in [-0.39, 0.29) is 0 Å². The summed E-state index contributed by atoms with van der Waals surface area (Å²) >= 11 is 0. The fourth-order valence-corrected chi connectivity index (χ4v) is 1.48. The third kappa shape index (κ3) is 1.22. The first-order chi connectivity index (χ1) is 6.92. The maximum absolute atomic E-state index is 5.08. The Morgan fingerprint density at radius 2 is 2.14 bits per heavy atom. The normalized spacial score (nSPS) is 16.9. The average molecular weight is 190 g/mol. The van der Waals surface area contributed by atoms with Crippen LogP contribution >= 0.6 is 0 Å². The van der Waals surface area contributed by atoms with Crippen molar-refractivity contribution >= 4 is 16.7 Å². The standard InChI is InChI=1S/C9H10N4O/c1-2-8-9(12-13-11-8)3-6(1)10-7-4-14-5-7/h1-3,7,10H,4-5H2,(H,11,12,13). The van der Waals surface area contributed by atoms with Gasteiger partial charge < -0.3 is 10.1 Å². The van der Waals surface area contributed by atoms with E-state index in [4.69, 9.17) is 4.74 Å². The molecule has 0 saturated carbocycles. The van der Waals surface area contributed by atoms with Crippen LogP contribution in [0.15, 0.2) is 18.2 Å². The second-order valence-corrected chi connectivity index (χ2v) is 3.41. The molecule has 2 aromatic rings. The third-order valence-electron chi connectivity index (χ3n) is 2.33. The van der Waals surface area contributed by atoms with Crippen molar-refractivity contribution in [3.63, 3.8) is 0 Å². The van der Waals surface area contributed by atoms with Crippen molar-refractivity contribution < 1.29 is 4.74 Å². The van der Waals surface area contributed by atoms with Crippen molar-refractivity contribution in [1.29, 1.82) is 0 Å². The van der Waals surface area contributed by atoms with Gasteiger partial charge in [0.15, 0.2) is 0 Å². The van der Waals surface area contributed by atoms with Crippen molar-refractivity contribution in [3.8, 4) is 0 Å². The van der Waals surface area contributed by atoms with E-state index >= 15 is 0 Å². The number of nitrogens with zero attached hydrogens (tertiary/aromatic N) is 2. The average Bonchev–Trinajstić information content (AvgIpc) is 2.58. The molecule has 3 rings (SSSR count). The van der Waals surface area contributed by atoms with Crippen LogP contribution in [0.2, 0.25) is 0 Å². The van der Waals surface area contributed by atoms with Gasteiger partial charge in [-0.2, -0.15) is 15.4 Å². The molecule has 5 heteroatoms. The van der Waals surface area contributed by atoms with E-state index in [1.807, 2.05) is 18.2 Å². The van der Waals surface area contributed by atoms with Crippen LogP contribution in [0.4, 0.5) is 5.69 Å². The highest BCUT2D eigenvalue weighted by atomic mass is 16.5. The second kappa shape index (κ2) is 2.95. The quantitative estimate of drug-likeness (QED) is 0.734. The fourth-order valence-electron chi connectivity index (χ4n) is 1.48. The molecule has 1 aliphatic rings. The Hall–Kier alpha value is -1.62. The number of H-pyrrole nitrogens is 1.